The number of halogens is 7. The lowest BCUT2D eigenvalue weighted by Gasteiger charge is -2.33. The molecule has 1 aliphatic heterocycles. The van der Waals surface area contributed by atoms with Gasteiger partial charge in [0.25, 0.3) is 12.3 Å². The van der Waals surface area contributed by atoms with Crippen molar-refractivity contribution in [2.45, 2.75) is 63.1 Å². The van der Waals surface area contributed by atoms with Crippen molar-refractivity contribution < 1.29 is 40.3 Å². The van der Waals surface area contributed by atoms with Crippen LogP contribution >= 0.6 is 0 Å². The Kier molecular flexibility index (Phi) is 7.91. The number of alkyl halides is 7. The van der Waals surface area contributed by atoms with Crippen molar-refractivity contribution in [1.29, 1.82) is 0 Å². The summed E-state index contributed by atoms with van der Waals surface area (Å²) < 4.78 is 96.2. The van der Waals surface area contributed by atoms with Crippen molar-refractivity contribution in [1.82, 2.24) is 35.0 Å². The second-order valence-corrected chi connectivity index (χ2v) is 10.9. The van der Waals surface area contributed by atoms with Gasteiger partial charge in [0.05, 0.1) is 29.5 Å². The van der Waals surface area contributed by atoms with Gasteiger partial charge in [0.1, 0.15) is 11.4 Å². The van der Waals surface area contributed by atoms with Crippen LogP contribution in [0.2, 0.25) is 0 Å². The van der Waals surface area contributed by atoms with E-state index in [4.69, 9.17) is 0 Å². The first-order chi connectivity index (χ1) is 19.7. The quantitative estimate of drug-likeness (QED) is 0.386. The predicted molar refractivity (Wildman–Crippen MR) is 133 cm³/mol. The normalized spacial score (nSPS) is 22.4. The Morgan fingerprint density at radius 3 is 2.52 bits per heavy atom. The van der Waals surface area contributed by atoms with Crippen LogP contribution in [0.4, 0.5) is 30.7 Å². The summed E-state index contributed by atoms with van der Waals surface area (Å²) in [7, 11) is 1.33. The second-order valence-electron chi connectivity index (χ2n) is 10.9. The SMILES string of the molecule is Cn1nc(C(F)F)cc1C(=O)NC(c1cn2nc(CC3C[C@@H](C(F)(F)F)CNC3=O)ccc2n1)C1CCC(F)(F)CC1. The fourth-order valence-electron chi connectivity index (χ4n) is 5.63. The Morgan fingerprint density at radius 1 is 1.17 bits per heavy atom. The number of nitrogens with zero attached hydrogens (tertiary/aromatic N) is 5. The van der Waals surface area contributed by atoms with E-state index < -0.39 is 79.2 Å². The molecule has 1 saturated heterocycles. The number of aromatic nitrogens is 5. The molecule has 0 spiro atoms. The number of nitrogens with one attached hydrogen (secondary N) is 2. The van der Waals surface area contributed by atoms with Gasteiger partial charge in [-0.15, -0.1) is 0 Å². The number of hydrogen-bond acceptors (Lipinski definition) is 5. The first-order valence-corrected chi connectivity index (χ1v) is 13.4. The Morgan fingerprint density at radius 2 is 1.88 bits per heavy atom. The highest BCUT2D eigenvalue weighted by Gasteiger charge is 2.45. The van der Waals surface area contributed by atoms with Crippen LogP contribution in [0.1, 0.15) is 72.1 Å². The third-order valence-corrected chi connectivity index (χ3v) is 7.97. The molecule has 16 heteroatoms. The van der Waals surface area contributed by atoms with E-state index in [9.17, 15) is 40.3 Å². The van der Waals surface area contributed by atoms with Gasteiger partial charge in [-0.25, -0.2) is 27.1 Å². The number of carbonyl (C=O) groups excluding carboxylic acids is 2. The zero-order chi connectivity index (χ0) is 30.4. The molecule has 3 aromatic heterocycles. The van der Waals surface area contributed by atoms with Crippen molar-refractivity contribution in [3.8, 4) is 0 Å². The number of imidazole rings is 1. The lowest BCUT2D eigenvalue weighted by atomic mass is 9.81. The first kappa shape index (κ1) is 29.8. The van der Waals surface area contributed by atoms with Crippen LogP contribution in [0.25, 0.3) is 5.65 Å². The maximum atomic E-state index is 13.9. The van der Waals surface area contributed by atoms with Crippen LogP contribution in [0.3, 0.4) is 0 Å². The van der Waals surface area contributed by atoms with E-state index in [0.29, 0.717) is 11.3 Å². The lowest BCUT2D eigenvalue weighted by molar-refractivity contribution is -0.183. The topological polar surface area (TPSA) is 106 Å². The standard InChI is InChI=1S/C26H28F7N7O2/c1-39-19(10-17(38-39)22(27)28)24(42)36-21(13-4-6-25(29,30)7-5-13)18-12-40-20(35-18)3-2-16(37-40)9-14-8-15(26(31,32)33)11-34-23(14)41/h2-3,10,12-15,21-22H,4-9,11H2,1H3,(H,34,41)(H,36,42)/t14?,15-,21?/m1/s1. The molecule has 0 bridgehead atoms. The number of carbonyl (C=O) groups is 2. The Balaban J connectivity index is 1.40. The molecular formula is C26H28F7N7O2. The molecule has 0 radical (unpaired) electrons. The van der Waals surface area contributed by atoms with Crippen LogP contribution in [0, 0.1) is 17.8 Å². The van der Waals surface area contributed by atoms with Gasteiger partial charge in [-0.1, -0.05) is 0 Å². The molecule has 3 aromatic rings. The summed E-state index contributed by atoms with van der Waals surface area (Å²) in [5.41, 5.74) is 0.197. The molecule has 5 rings (SSSR count). The smallest absolute Gasteiger partial charge is 0.355 e. The molecule has 4 heterocycles. The molecule has 2 N–H and O–H groups in total. The highest BCUT2D eigenvalue weighted by atomic mass is 19.4. The summed E-state index contributed by atoms with van der Waals surface area (Å²) in [5, 5.41) is 13.1. The van der Waals surface area contributed by atoms with Crippen LogP contribution < -0.4 is 10.6 Å². The van der Waals surface area contributed by atoms with Crippen molar-refractivity contribution >= 4 is 17.5 Å². The number of amides is 2. The van der Waals surface area contributed by atoms with Crippen molar-refractivity contribution in [3.05, 3.63) is 47.2 Å². The number of rotatable bonds is 7. The third-order valence-electron chi connectivity index (χ3n) is 7.97. The number of hydrogen-bond donors (Lipinski definition) is 2. The largest absolute Gasteiger partial charge is 0.393 e. The predicted octanol–water partition coefficient (Wildman–Crippen LogP) is 4.55. The average molecular weight is 604 g/mol. The fraction of sp³-hybridized carbons (Fsp3) is 0.577. The summed E-state index contributed by atoms with van der Waals surface area (Å²) in [5.74, 6) is -7.13. The minimum atomic E-state index is -4.44. The molecular weight excluding hydrogens is 575 g/mol. The molecule has 2 unspecified atom stereocenters. The van der Waals surface area contributed by atoms with Gasteiger partial charge in [-0.2, -0.15) is 23.4 Å². The monoisotopic (exact) mass is 603 g/mol. The summed E-state index contributed by atoms with van der Waals surface area (Å²) in [4.78, 5) is 29.9. The highest BCUT2D eigenvalue weighted by molar-refractivity contribution is 5.93. The van der Waals surface area contributed by atoms with Crippen molar-refractivity contribution in [2.24, 2.45) is 24.8 Å². The van der Waals surface area contributed by atoms with Crippen molar-refractivity contribution in [3.63, 3.8) is 0 Å². The Labute approximate surface area is 234 Å². The molecule has 0 aromatic carbocycles. The maximum Gasteiger partial charge on any atom is 0.393 e. The van der Waals surface area contributed by atoms with Gasteiger partial charge >= 0.3 is 6.18 Å². The average Bonchev–Trinajstić information content (AvgIpc) is 3.51. The summed E-state index contributed by atoms with van der Waals surface area (Å²) in [6.07, 6.45) is -6.95. The van der Waals surface area contributed by atoms with E-state index in [1.165, 1.54) is 23.8 Å². The molecule has 2 aliphatic rings. The Hall–Kier alpha value is -3.72. The van der Waals surface area contributed by atoms with Gasteiger partial charge in [-0.05, 0) is 43.4 Å². The van der Waals surface area contributed by atoms with Gasteiger partial charge < -0.3 is 10.6 Å². The second kappa shape index (κ2) is 11.2. The zero-order valence-electron chi connectivity index (χ0n) is 22.3. The lowest BCUT2D eigenvalue weighted by Crippen LogP contribution is -2.47. The van der Waals surface area contributed by atoms with Gasteiger partial charge in [0, 0.05) is 38.8 Å². The van der Waals surface area contributed by atoms with Gasteiger partial charge in [0.15, 0.2) is 5.65 Å². The van der Waals surface area contributed by atoms with Crippen LogP contribution in [-0.2, 0) is 18.3 Å². The van der Waals surface area contributed by atoms with Crippen molar-refractivity contribution in [2.75, 3.05) is 6.54 Å². The van der Waals surface area contributed by atoms with Crippen LogP contribution in [0.15, 0.2) is 24.4 Å². The van der Waals surface area contributed by atoms with Gasteiger partial charge in [-0.3, -0.25) is 14.3 Å². The van der Waals surface area contributed by atoms with E-state index in [0.717, 1.165) is 10.7 Å². The number of piperidine rings is 1. The van der Waals surface area contributed by atoms with E-state index in [-0.39, 0.29) is 37.1 Å². The van der Waals surface area contributed by atoms with Crippen LogP contribution in [-0.4, -0.2) is 54.8 Å². The molecule has 9 nitrogen and oxygen atoms in total. The molecule has 42 heavy (non-hydrogen) atoms. The molecule has 1 saturated carbocycles. The zero-order valence-corrected chi connectivity index (χ0v) is 22.3. The van der Waals surface area contributed by atoms with Gasteiger partial charge in [0.2, 0.25) is 11.8 Å². The highest BCUT2D eigenvalue weighted by Crippen LogP contribution is 2.41. The number of fused-ring (bicyclic) bond motifs is 1. The molecule has 1 aliphatic carbocycles. The minimum Gasteiger partial charge on any atom is -0.355 e. The van der Waals surface area contributed by atoms with E-state index in [1.807, 2.05) is 0 Å². The molecule has 2 fully saturated rings. The minimum absolute atomic E-state index is 0.0489. The third kappa shape index (κ3) is 6.36. The Bertz CT molecular complexity index is 1460. The van der Waals surface area contributed by atoms with E-state index in [1.54, 1.807) is 6.07 Å². The first-order valence-electron chi connectivity index (χ1n) is 13.4. The summed E-state index contributed by atoms with van der Waals surface area (Å²) >= 11 is 0. The number of aryl methyl sites for hydroxylation is 1. The maximum absolute atomic E-state index is 13.9. The molecule has 3 atom stereocenters. The van der Waals surface area contributed by atoms with E-state index >= 15 is 0 Å². The van der Waals surface area contributed by atoms with E-state index in [2.05, 4.69) is 25.8 Å². The van der Waals surface area contributed by atoms with Crippen LogP contribution in [0.5, 0.6) is 0 Å². The molecule has 2 amide bonds. The molecule has 228 valence electrons. The fourth-order valence-corrected chi connectivity index (χ4v) is 5.63. The summed E-state index contributed by atoms with van der Waals surface area (Å²) in [6, 6.07) is 3.17. The summed E-state index contributed by atoms with van der Waals surface area (Å²) in [6.45, 7) is -0.474.